The van der Waals surface area contributed by atoms with Crippen LogP contribution >= 0.6 is 0 Å². The minimum Gasteiger partial charge on any atom is -0.266 e. The van der Waals surface area contributed by atoms with E-state index in [1.807, 2.05) is 0 Å². The van der Waals surface area contributed by atoms with Crippen LogP contribution < -0.4 is 0 Å². The number of carbonyl (C=O) groups excluding carboxylic acids is 1. The number of nitrogens with zero attached hydrogens (tertiary/aromatic N) is 2. The molecule has 1 unspecified atom stereocenters. The zero-order valence-corrected chi connectivity index (χ0v) is 12.2. The van der Waals surface area contributed by atoms with Crippen molar-refractivity contribution in [1.29, 1.82) is 0 Å². The molecule has 0 saturated carbocycles. The Morgan fingerprint density at radius 3 is 2.61 bits per heavy atom. The van der Waals surface area contributed by atoms with Gasteiger partial charge in [-0.05, 0) is 41.0 Å². The molecule has 2 aromatic rings. The Labute approximate surface area is 130 Å². The zero-order chi connectivity index (χ0) is 16.6. The second kappa shape index (κ2) is 5.69. The van der Waals surface area contributed by atoms with Crippen LogP contribution in [-0.2, 0) is 16.9 Å². The van der Waals surface area contributed by atoms with E-state index in [1.165, 1.54) is 5.55 Å². The van der Waals surface area contributed by atoms with Crippen LogP contribution in [0.4, 0.5) is 23.2 Å². The van der Waals surface area contributed by atoms with E-state index in [4.69, 9.17) is 0 Å². The highest BCUT2D eigenvalue weighted by atomic mass is 32.2. The van der Waals surface area contributed by atoms with E-state index in [2.05, 4.69) is 9.36 Å². The highest BCUT2D eigenvalue weighted by Gasteiger charge is 2.34. The lowest BCUT2D eigenvalue weighted by atomic mass is 10.1. The van der Waals surface area contributed by atoms with Crippen LogP contribution in [0, 0.1) is 5.82 Å². The normalized spacial score (nSPS) is 16.6. The molecule has 3 nitrogen and oxygen atoms in total. The molecule has 118 valence electrons. The summed E-state index contributed by atoms with van der Waals surface area (Å²) in [4.78, 5) is 16.9. The van der Waals surface area contributed by atoms with E-state index in [0.717, 1.165) is 11.0 Å². The number of alkyl halides is 3. The number of amides is 1. The van der Waals surface area contributed by atoms with Gasteiger partial charge in [0.15, 0.2) is 0 Å². The summed E-state index contributed by atoms with van der Waals surface area (Å²) in [5.74, 6) is -2.27. The summed E-state index contributed by atoms with van der Waals surface area (Å²) in [5.41, 5.74) is 0.338. The Kier molecular flexibility index (Phi) is 3.85. The Balaban J connectivity index is 1.97. The number of aliphatic imine (C=N–C) groups is 1. The maximum Gasteiger partial charge on any atom is 0.419 e. The summed E-state index contributed by atoms with van der Waals surface area (Å²) in [6, 6.07) is 9.11. The first-order chi connectivity index (χ1) is 10.9. The summed E-state index contributed by atoms with van der Waals surface area (Å²) in [5, 5.41) is 0. The van der Waals surface area contributed by atoms with Crippen LogP contribution in [0.1, 0.15) is 15.9 Å². The predicted octanol–water partition coefficient (Wildman–Crippen LogP) is 4.52. The molecule has 1 aliphatic rings. The molecule has 0 radical (unpaired) electrons. The predicted molar refractivity (Wildman–Crippen MR) is 78.4 cm³/mol. The molecule has 1 atom stereocenters. The zero-order valence-electron chi connectivity index (χ0n) is 11.3. The first-order valence-corrected chi connectivity index (χ1v) is 7.60. The third-order valence-electron chi connectivity index (χ3n) is 3.08. The van der Waals surface area contributed by atoms with Crippen molar-refractivity contribution in [2.75, 3.05) is 0 Å². The largest absolute Gasteiger partial charge is 0.419 e. The Bertz CT molecular complexity index is 859. The molecule has 0 saturated heterocycles. The molecule has 0 fully saturated rings. The van der Waals surface area contributed by atoms with Gasteiger partial charge in [-0.25, -0.2) is 9.38 Å². The molecule has 3 rings (SSSR count). The minimum absolute atomic E-state index is 0.316. The maximum atomic E-state index is 13.2. The van der Waals surface area contributed by atoms with Crippen molar-refractivity contribution in [3.05, 3.63) is 59.4 Å². The van der Waals surface area contributed by atoms with Crippen LogP contribution in [0.3, 0.4) is 0 Å². The van der Waals surface area contributed by atoms with E-state index >= 15 is 0 Å². The second-order valence-corrected chi connectivity index (χ2v) is 6.07. The third kappa shape index (κ3) is 3.07. The molecule has 0 bridgehead atoms. The lowest BCUT2D eigenvalue weighted by Gasteiger charge is -2.08. The Morgan fingerprint density at radius 2 is 1.87 bits per heavy atom. The summed E-state index contributed by atoms with van der Waals surface area (Å²) in [7, 11) is -0.957. The number of rotatable bonds is 1. The van der Waals surface area contributed by atoms with Crippen LogP contribution in [-0.4, -0.2) is 11.5 Å². The summed E-state index contributed by atoms with van der Waals surface area (Å²) < 4.78 is 55.2. The Morgan fingerprint density at radius 1 is 1.13 bits per heavy atom. The SMILES string of the molecule is O=C(N=S1C=Nc2ccccc21)c1ccc(F)c(C(F)(F)F)c1. The van der Waals surface area contributed by atoms with Crippen molar-refractivity contribution >= 4 is 27.8 Å². The van der Waals surface area contributed by atoms with Gasteiger partial charge in [-0.2, -0.15) is 17.5 Å². The lowest BCUT2D eigenvalue weighted by Crippen LogP contribution is -2.10. The summed E-state index contributed by atoms with van der Waals surface area (Å²) >= 11 is 0. The van der Waals surface area contributed by atoms with E-state index in [9.17, 15) is 22.4 Å². The van der Waals surface area contributed by atoms with Crippen molar-refractivity contribution in [2.45, 2.75) is 11.1 Å². The van der Waals surface area contributed by atoms with Gasteiger partial charge in [-0.3, -0.25) is 4.79 Å². The quantitative estimate of drug-likeness (QED) is 0.704. The van der Waals surface area contributed by atoms with Crippen molar-refractivity contribution in [3.63, 3.8) is 0 Å². The van der Waals surface area contributed by atoms with Crippen molar-refractivity contribution < 1.29 is 22.4 Å². The van der Waals surface area contributed by atoms with Gasteiger partial charge in [0, 0.05) is 5.56 Å². The smallest absolute Gasteiger partial charge is 0.266 e. The molecule has 0 spiro atoms. The van der Waals surface area contributed by atoms with Gasteiger partial charge in [-0.1, -0.05) is 12.1 Å². The molecule has 8 heteroatoms. The van der Waals surface area contributed by atoms with E-state index in [1.54, 1.807) is 24.3 Å². The molecule has 2 aromatic carbocycles. The molecule has 0 aromatic heterocycles. The molecule has 23 heavy (non-hydrogen) atoms. The highest BCUT2D eigenvalue weighted by molar-refractivity contribution is 8.01. The Hall–Kier alpha value is -2.35. The number of halogens is 4. The molecular formula is C15H8F4N2OS. The van der Waals surface area contributed by atoms with E-state index in [0.29, 0.717) is 17.8 Å². The van der Waals surface area contributed by atoms with Crippen LogP contribution in [0.25, 0.3) is 0 Å². The van der Waals surface area contributed by atoms with Gasteiger partial charge >= 0.3 is 6.18 Å². The van der Waals surface area contributed by atoms with E-state index in [-0.39, 0.29) is 5.56 Å². The minimum atomic E-state index is -4.87. The van der Waals surface area contributed by atoms with Crippen molar-refractivity contribution in [1.82, 2.24) is 0 Å². The fourth-order valence-electron chi connectivity index (χ4n) is 1.99. The fourth-order valence-corrected chi connectivity index (χ4v) is 3.30. The van der Waals surface area contributed by atoms with Gasteiger partial charge in [0.05, 0.1) is 21.7 Å². The monoisotopic (exact) mass is 340 g/mol. The molecule has 0 N–H and O–H groups in total. The molecule has 1 aliphatic heterocycles. The van der Waals surface area contributed by atoms with Gasteiger partial charge in [0.1, 0.15) is 5.82 Å². The standard InChI is InChI=1S/C15H8F4N2OS/c16-11-6-5-9(7-10(11)15(17,18)19)14(22)21-23-8-20-12-3-1-2-4-13(12)23/h1-8H. The molecule has 0 aliphatic carbocycles. The van der Waals surface area contributed by atoms with Gasteiger partial charge in [0.25, 0.3) is 5.91 Å². The van der Waals surface area contributed by atoms with E-state index < -0.39 is 34.2 Å². The van der Waals surface area contributed by atoms with Gasteiger partial charge in [0.2, 0.25) is 0 Å². The second-order valence-electron chi connectivity index (χ2n) is 4.61. The number of hydrogen-bond acceptors (Lipinski definition) is 2. The number of carbonyl (C=O) groups is 1. The topological polar surface area (TPSA) is 41.8 Å². The average molecular weight is 340 g/mol. The third-order valence-corrected chi connectivity index (χ3v) is 4.55. The van der Waals surface area contributed by atoms with Gasteiger partial charge < -0.3 is 0 Å². The van der Waals surface area contributed by atoms with Crippen molar-refractivity contribution in [3.8, 4) is 0 Å². The van der Waals surface area contributed by atoms with Crippen LogP contribution in [0.5, 0.6) is 0 Å². The average Bonchev–Trinajstić information content (AvgIpc) is 2.90. The highest BCUT2D eigenvalue weighted by Crippen LogP contribution is 2.32. The maximum absolute atomic E-state index is 13.2. The molecule has 1 heterocycles. The number of benzene rings is 2. The fraction of sp³-hybridized carbons (Fsp3) is 0.0667. The number of hydrogen-bond donors (Lipinski definition) is 0. The first kappa shape index (κ1) is 15.5. The number of para-hydroxylation sites is 1. The summed E-state index contributed by atoms with van der Waals surface area (Å²) in [6.07, 6.45) is -4.87. The first-order valence-electron chi connectivity index (χ1n) is 6.35. The number of fused-ring (bicyclic) bond motifs is 1. The van der Waals surface area contributed by atoms with Crippen molar-refractivity contribution in [2.24, 2.45) is 9.36 Å². The summed E-state index contributed by atoms with van der Waals surface area (Å²) in [6.45, 7) is 0. The van der Waals surface area contributed by atoms with Crippen LogP contribution in [0.15, 0.2) is 56.7 Å². The van der Waals surface area contributed by atoms with Gasteiger partial charge in [-0.15, -0.1) is 0 Å². The molecular weight excluding hydrogens is 332 g/mol. The van der Waals surface area contributed by atoms with Crippen LogP contribution in [0.2, 0.25) is 0 Å². The lowest BCUT2D eigenvalue weighted by molar-refractivity contribution is -0.140. The molecule has 1 amide bonds.